The standard InChI is InChI=1S/C25H37N3O4/c1-15(2)14-28-21(23(30)27-17-10-6-7-11-17)25-13-12-18(32-25)19(20(25)24(28)31)22(29)26-16-8-4-3-5-9-16/h12-13,15-21H,3-11,14H2,1-2H3,(H,26,29)(H,27,30). The number of hydrogen-bond donors (Lipinski definition) is 2. The fourth-order valence-corrected chi connectivity index (χ4v) is 6.75. The van der Waals surface area contributed by atoms with E-state index in [9.17, 15) is 14.4 Å². The summed E-state index contributed by atoms with van der Waals surface area (Å²) in [6.45, 7) is 4.58. The van der Waals surface area contributed by atoms with E-state index in [-0.39, 0.29) is 35.7 Å². The third-order valence-corrected chi connectivity index (χ3v) is 8.14. The van der Waals surface area contributed by atoms with Gasteiger partial charge in [-0.25, -0.2) is 0 Å². The first-order chi connectivity index (χ1) is 15.4. The molecule has 5 atom stereocenters. The van der Waals surface area contributed by atoms with Crippen molar-refractivity contribution in [2.45, 2.75) is 101 Å². The molecule has 0 aromatic rings. The second kappa shape index (κ2) is 8.47. The lowest BCUT2D eigenvalue weighted by Gasteiger charge is -2.33. The fourth-order valence-electron chi connectivity index (χ4n) is 6.75. The van der Waals surface area contributed by atoms with Gasteiger partial charge in [0.2, 0.25) is 17.7 Å². The predicted molar refractivity (Wildman–Crippen MR) is 119 cm³/mol. The zero-order chi connectivity index (χ0) is 22.5. The van der Waals surface area contributed by atoms with E-state index in [0.717, 1.165) is 51.4 Å². The Kier molecular flexibility index (Phi) is 5.81. The van der Waals surface area contributed by atoms with Crippen LogP contribution in [0.4, 0.5) is 0 Å². The quantitative estimate of drug-likeness (QED) is 0.617. The number of likely N-dealkylation sites (tertiary alicyclic amines) is 1. The molecule has 3 aliphatic heterocycles. The highest BCUT2D eigenvalue weighted by Gasteiger charge is 2.72. The average molecular weight is 444 g/mol. The Hall–Kier alpha value is -1.89. The van der Waals surface area contributed by atoms with Gasteiger partial charge < -0.3 is 20.3 Å². The predicted octanol–water partition coefficient (Wildman–Crippen LogP) is 2.30. The largest absolute Gasteiger partial charge is 0.359 e. The molecule has 5 unspecified atom stereocenters. The lowest BCUT2D eigenvalue weighted by molar-refractivity contribution is -0.142. The van der Waals surface area contributed by atoms with Crippen LogP contribution in [0.3, 0.4) is 0 Å². The summed E-state index contributed by atoms with van der Waals surface area (Å²) in [6, 6.07) is -0.362. The van der Waals surface area contributed by atoms with Gasteiger partial charge in [0.05, 0.1) is 17.9 Å². The van der Waals surface area contributed by atoms with Crippen LogP contribution in [-0.2, 0) is 19.1 Å². The van der Waals surface area contributed by atoms with Crippen molar-refractivity contribution in [1.29, 1.82) is 0 Å². The van der Waals surface area contributed by atoms with Gasteiger partial charge in [-0.15, -0.1) is 0 Å². The molecule has 176 valence electrons. The Morgan fingerprint density at radius 2 is 1.62 bits per heavy atom. The molecular formula is C25H37N3O4. The summed E-state index contributed by atoms with van der Waals surface area (Å²) in [7, 11) is 0. The molecule has 3 heterocycles. The maximum atomic E-state index is 13.7. The molecule has 2 saturated heterocycles. The molecule has 0 aromatic heterocycles. The van der Waals surface area contributed by atoms with Crippen LogP contribution in [0.25, 0.3) is 0 Å². The first-order valence-corrected chi connectivity index (χ1v) is 12.7. The summed E-state index contributed by atoms with van der Waals surface area (Å²) in [5.74, 6) is -1.31. The van der Waals surface area contributed by atoms with Crippen molar-refractivity contribution in [2.24, 2.45) is 17.8 Å². The second-order valence-corrected chi connectivity index (χ2v) is 10.9. The molecule has 2 bridgehead atoms. The normalized spacial score (nSPS) is 36.8. The Balaban J connectivity index is 1.41. The first-order valence-electron chi connectivity index (χ1n) is 12.7. The van der Waals surface area contributed by atoms with Crippen LogP contribution in [0.5, 0.6) is 0 Å². The molecule has 4 fully saturated rings. The number of nitrogens with zero attached hydrogens (tertiary/aromatic N) is 1. The molecule has 1 spiro atoms. The smallest absolute Gasteiger partial charge is 0.246 e. The summed E-state index contributed by atoms with van der Waals surface area (Å²) >= 11 is 0. The Labute approximate surface area is 190 Å². The van der Waals surface area contributed by atoms with Gasteiger partial charge in [-0.1, -0.05) is 58.1 Å². The van der Waals surface area contributed by atoms with Crippen LogP contribution in [0, 0.1) is 17.8 Å². The van der Waals surface area contributed by atoms with Crippen molar-refractivity contribution in [2.75, 3.05) is 6.54 Å². The molecule has 7 nitrogen and oxygen atoms in total. The fraction of sp³-hybridized carbons (Fsp3) is 0.800. The van der Waals surface area contributed by atoms with Crippen LogP contribution in [0.1, 0.15) is 71.6 Å². The summed E-state index contributed by atoms with van der Waals surface area (Å²) < 4.78 is 6.39. The molecule has 2 aliphatic carbocycles. The van der Waals surface area contributed by atoms with Gasteiger partial charge >= 0.3 is 0 Å². The van der Waals surface area contributed by atoms with Gasteiger partial charge in [0.25, 0.3) is 0 Å². The van der Waals surface area contributed by atoms with E-state index in [1.807, 2.05) is 26.0 Å². The average Bonchev–Trinajstić information content (AvgIpc) is 3.51. The van der Waals surface area contributed by atoms with Gasteiger partial charge in [-0.2, -0.15) is 0 Å². The number of rotatable bonds is 6. The highest BCUT2D eigenvalue weighted by atomic mass is 16.5. The molecule has 5 rings (SSSR count). The van der Waals surface area contributed by atoms with Gasteiger partial charge in [0, 0.05) is 18.6 Å². The SMILES string of the molecule is CC(C)CN1C(=O)C2C(C(=O)NC3CCCCC3)C3C=CC2(O3)C1C(=O)NC1CCCC1. The molecule has 7 heteroatoms. The van der Waals surface area contributed by atoms with Crippen molar-refractivity contribution in [3.63, 3.8) is 0 Å². The van der Waals surface area contributed by atoms with Crippen molar-refractivity contribution < 1.29 is 19.1 Å². The second-order valence-electron chi connectivity index (χ2n) is 10.9. The van der Waals surface area contributed by atoms with E-state index in [2.05, 4.69) is 10.6 Å². The van der Waals surface area contributed by atoms with E-state index in [1.54, 1.807) is 4.90 Å². The molecule has 32 heavy (non-hydrogen) atoms. The highest BCUT2D eigenvalue weighted by Crippen LogP contribution is 2.55. The minimum atomic E-state index is -1.03. The summed E-state index contributed by atoms with van der Waals surface area (Å²) in [6.07, 6.45) is 13.1. The van der Waals surface area contributed by atoms with E-state index in [0.29, 0.717) is 6.54 Å². The van der Waals surface area contributed by atoms with Crippen LogP contribution < -0.4 is 10.6 Å². The minimum Gasteiger partial charge on any atom is -0.359 e. The van der Waals surface area contributed by atoms with Gasteiger partial charge in [0.15, 0.2) is 0 Å². The van der Waals surface area contributed by atoms with E-state index < -0.39 is 29.6 Å². The van der Waals surface area contributed by atoms with Crippen molar-refractivity contribution in [1.82, 2.24) is 15.5 Å². The first kappa shape index (κ1) is 21.9. The van der Waals surface area contributed by atoms with Gasteiger partial charge in [-0.3, -0.25) is 14.4 Å². The van der Waals surface area contributed by atoms with Crippen LogP contribution >= 0.6 is 0 Å². The molecule has 0 radical (unpaired) electrons. The maximum Gasteiger partial charge on any atom is 0.246 e. The van der Waals surface area contributed by atoms with E-state index >= 15 is 0 Å². The molecule has 2 saturated carbocycles. The Morgan fingerprint density at radius 1 is 1.03 bits per heavy atom. The molecular weight excluding hydrogens is 406 g/mol. The number of nitrogens with one attached hydrogen (secondary N) is 2. The van der Waals surface area contributed by atoms with Crippen molar-refractivity contribution in [3.05, 3.63) is 12.2 Å². The molecule has 0 aromatic carbocycles. The number of carbonyl (C=O) groups excluding carboxylic acids is 3. The van der Waals surface area contributed by atoms with Gasteiger partial charge in [0.1, 0.15) is 11.6 Å². The zero-order valence-corrected chi connectivity index (χ0v) is 19.3. The third-order valence-electron chi connectivity index (χ3n) is 8.14. The lowest BCUT2D eigenvalue weighted by Crippen LogP contribution is -2.56. The number of ether oxygens (including phenoxy) is 1. The summed E-state index contributed by atoms with van der Waals surface area (Å²) in [4.78, 5) is 42.3. The topological polar surface area (TPSA) is 87.7 Å². The number of amides is 3. The Bertz CT molecular complexity index is 799. The molecule has 2 N–H and O–H groups in total. The zero-order valence-electron chi connectivity index (χ0n) is 19.3. The van der Waals surface area contributed by atoms with Crippen molar-refractivity contribution in [3.8, 4) is 0 Å². The third kappa shape index (κ3) is 3.57. The van der Waals surface area contributed by atoms with E-state index in [1.165, 1.54) is 6.42 Å². The lowest BCUT2D eigenvalue weighted by atomic mass is 9.74. The maximum absolute atomic E-state index is 13.7. The van der Waals surface area contributed by atoms with Crippen LogP contribution in [0.15, 0.2) is 12.2 Å². The van der Waals surface area contributed by atoms with Crippen LogP contribution in [-0.4, -0.2) is 59.0 Å². The monoisotopic (exact) mass is 443 g/mol. The number of carbonyl (C=O) groups is 3. The molecule has 5 aliphatic rings. The van der Waals surface area contributed by atoms with Crippen molar-refractivity contribution >= 4 is 17.7 Å². The Morgan fingerprint density at radius 3 is 2.25 bits per heavy atom. The molecule has 3 amide bonds. The minimum absolute atomic E-state index is 0.0900. The summed E-state index contributed by atoms with van der Waals surface area (Å²) in [5, 5.41) is 6.41. The summed E-state index contributed by atoms with van der Waals surface area (Å²) in [5.41, 5.74) is -1.03. The van der Waals surface area contributed by atoms with Crippen LogP contribution in [0.2, 0.25) is 0 Å². The highest BCUT2D eigenvalue weighted by molar-refractivity contribution is 6.00. The van der Waals surface area contributed by atoms with Gasteiger partial charge in [-0.05, 0) is 31.6 Å². The number of fused-ring (bicyclic) bond motifs is 1. The number of hydrogen-bond acceptors (Lipinski definition) is 4. The van der Waals surface area contributed by atoms with E-state index in [4.69, 9.17) is 4.74 Å².